The molecule has 0 atom stereocenters. The molecule has 0 aliphatic heterocycles. The number of halogens is 1. The highest BCUT2D eigenvalue weighted by molar-refractivity contribution is 8.21. The third-order valence-corrected chi connectivity index (χ3v) is 3.46. The summed E-state index contributed by atoms with van der Waals surface area (Å²) in [6.07, 6.45) is 0. The Morgan fingerprint density at radius 3 is 1.50 bits per heavy atom. The van der Waals surface area contributed by atoms with Crippen LogP contribution in [-0.4, -0.2) is 0 Å². The Kier molecular flexibility index (Phi) is 6.31. The Labute approximate surface area is 119 Å². The normalized spacial score (nSPS) is 10.4. The molecule has 0 nitrogen and oxygen atoms in total. The van der Waals surface area contributed by atoms with Crippen LogP contribution in [0.25, 0.3) is 0 Å². The van der Waals surface area contributed by atoms with E-state index in [1.807, 2.05) is 30.3 Å². The maximum Gasteiger partial charge on any atom is 0.0233 e. The number of hydrogen-bond donors (Lipinski definition) is 0. The van der Waals surface area contributed by atoms with Crippen molar-refractivity contribution < 1.29 is 0 Å². The van der Waals surface area contributed by atoms with Crippen molar-refractivity contribution in [1.82, 2.24) is 0 Å². The van der Waals surface area contributed by atoms with Crippen LogP contribution in [0.5, 0.6) is 0 Å². The molecule has 0 saturated carbocycles. The molecule has 2 aromatic carbocycles. The summed E-state index contributed by atoms with van der Waals surface area (Å²) in [5, 5.41) is 0. The van der Waals surface area contributed by atoms with E-state index in [2.05, 4.69) is 51.1 Å². The molecule has 0 spiro atoms. The van der Waals surface area contributed by atoms with Crippen molar-refractivity contribution in [2.45, 2.75) is 31.1 Å². The van der Waals surface area contributed by atoms with Gasteiger partial charge >= 0.3 is 0 Å². The monoisotopic (exact) mass is 278 g/mol. The first-order chi connectivity index (χ1) is 8.54. The van der Waals surface area contributed by atoms with Gasteiger partial charge in [0.2, 0.25) is 0 Å². The van der Waals surface area contributed by atoms with Crippen LogP contribution in [-0.2, 0) is 5.41 Å². The Hall–Kier alpha value is -0.920. The van der Waals surface area contributed by atoms with Crippen molar-refractivity contribution >= 4 is 21.7 Å². The van der Waals surface area contributed by atoms with Crippen molar-refractivity contribution in [2.75, 3.05) is 0 Å². The summed E-state index contributed by atoms with van der Waals surface area (Å²) in [5.41, 5.74) is 1.69. The quantitative estimate of drug-likeness (QED) is 0.624. The van der Waals surface area contributed by atoms with Crippen LogP contribution in [0.2, 0.25) is 0 Å². The van der Waals surface area contributed by atoms with Crippen molar-refractivity contribution in [1.29, 1.82) is 0 Å². The highest BCUT2D eigenvalue weighted by Crippen LogP contribution is 2.21. The summed E-state index contributed by atoms with van der Waals surface area (Å²) in [7, 11) is 6.68. The summed E-state index contributed by atoms with van der Waals surface area (Å²) < 4.78 is 0. The second kappa shape index (κ2) is 7.50. The third-order valence-electron chi connectivity index (χ3n) is 2.47. The summed E-state index contributed by atoms with van der Waals surface area (Å²) in [4.78, 5) is 1.09. The van der Waals surface area contributed by atoms with E-state index in [1.165, 1.54) is 16.5 Å². The molecule has 2 aromatic rings. The molecule has 0 saturated heterocycles. The standard InChI is InChI=1S/C10H14.C6H5ClS/c1-10(2,3)9-7-5-4-6-8-9;7-8-6-4-2-1-3-5-6/h4-8H,1-3H3;1-5H. The second-order valence-corrected chi connectivity index (χ2v) is 6.09. The van der Waals surface area contributed by atoms with Gasteiger partial charge < -0.3 is 0 Å². The van der Waals surface area contributed by atoms with E-state index in [0.29, 0.717) is 5.41 Å². The molecule has 0 aromatic heterocycles. The zero-order valence-electron chi connectivity index (χ0n) is 11.1. The molecule has 2 heteroatoms. The fraction of sp³-hybridized carbons (Fsp3) is 0.250. The smallest absolute Gasteiger partial charge is 0.0233 e. The minimum Gasteiger partial charge on any atom is -0.0622 e. The Morgan fingerprint density at radius 1 is 0.778 bits per heavy atom. The average molecular weight is 279 g/mol. The van der Waals surface area contributed by atoms with Gasteiger partial charge in [0.1, 0.15) is 0 Å². The molecule has 0 amide bonds. The van der Waals surface area contributed by atoms with Gasteiger partial charge in [-0.1, -0.05) is 69.3 Å². The first kappa shape index (κ1) is 15.1. The lowest BCUT2D eigenvalue weighted by Gasteiger charge is -2.18. The van der Waals surface area contributed by atoms with E-state index in [0.717, 1.165) is 4.90 Å². The fourth-order valence-electron chi connectivity index (χ4n) is 1.41. The highest BCUT2D eigenvalue weighted by Gasteiger charge is 2.11. The van der Waals surface area contributed by atoms with E-state index in [4.69, 9.17) is 10.7 Å². The van der Waals surface area contributed by atoms with Gasteiger partial charge in [0.25, 0.3) is 0 Å². The van der Waals surface area contributed by atoms with Crippen LogP contribution < -0.4 is 0 Å². The van der Waals surface area contributed by atoms with Gasteiger partial charge in [-0.3, -0.25) is 0 Å². The fourth-order valence-corrected chi connectivity index (χ4v) is 1.98. The first-order valence-corrected chi connectivity index (χ1v) is 7.57. The van der Waals surface area contributed by atoms with E-state index in [1.54, 1.807) is 0 Å². The van der Waals surface area contributed by atoms with Crippen molar-refractivity contribution in [2.24, 2.45) is 0 Å². The van der Waals surface area contributed by atoms with Crippen LogP contribution in [0, 0.1) is 0 Å². The first-order valence-electron chi connectivity index (χ1n) is 5.93. The van der Waals surface area contributed by atoms with Crippen LogP contribution in [0.15, 0.2) is 65.6 Å². The van der Waals surface area contributed by atoms with Crippen LogP contribution >= 0.6 is 21.7 Å². The topological polar surface area (TPSA) is 0 Å². The van der Waals surface area contributed by atoms with Gasteiger partial charge in [0, 0.05) is 4.90 Å². The Balaban J connectivity index is 0.000000184. The Bertz CT molecular complexity index is 432. The maximum absolute atomic E-state index is 5.44. The van der Waals surface area contributed by atoms with Gasteiger partial charge in [-0.25, -0.2) is 0 Å². The summed E-state index contributed by atoms with van der Waals surface area (Å²) in [6.45, 7) is 6.67. The third kappa shape index (κ3) is 5.61. The van der Waals surface area contributed by atoms with Gasteiger partial charge in [-0.05, 0) is 44.8 Å². The van der Waals surface area contributed by atoms with Crippen molar-refractivity contribution in [3.8, 4) is 0 Å². The Morgan fingerprint density at radius 2 is 1.22 bits per heavy atom. The lowest BCUT2D eigenvalue weighted by molar-refractivity contribution is 0.590. The molecule has 0 bridgehead atoms. The predicted octanol–water partition coefficient (Wildman–Crippen LogP) is 5.92. The lowest BCUT2D eigenvalue weighted by Crippen LogP contribution is -2.10. The van der Waals surface area contributed by atoms with Gasteiger partial charge in [-0.2, -0.15) is 0 Å². The van der Waals surface area contributed by atoms with Gasteiger partial charge in [0.15, 0.2) is 0 Å². The molecule has 96 valence electrons. The zero-order chi connectivity index (χ0) is 13.4. The molecule has 0 heterocycles. The SMILES string of the molecule is CC(C)(C)c1ccccc1.ClSc1ccccc1. The number of benzene rings is 2. The summed E-state index contributed by atoms with van der Waals surface area (Å²) in [5.74, 6) is 0. The lowest BCUT2D eigenvalue weighted by atomic mass is 9.87. The van der Waals surface area contributed by atoms with Crippen LogP contribution in [0.4, 0.5) is 0 Å². The summed E-state index contributed by atoms with van der Waals surface area (Å²) in [6, 6.07) is 20.4. The molecule has 0 fully saturated rings. The van der Waals surface area contributed by atoms with E-state index < -0.39 is 0 Å². The van der Waals surface area contributed by atoms with Gasteiger partial charge in [0.05, 0.1) is 0 Å². The van der Waals surface area contributed by atoms with Crippen molar-refractivity contribution in [3.05, 3.63) is 66.2 Å². The maximum atomic E-state index is 5.44. The minimum atomic E-state index is 0.293. The molecular formula is C16H19ClS. The summed E-state index contributed by atoms with van der Waals surface area (Å²) >= 11 is 0. The molecule has 0 unspecified atom stereocenters. The molecule has 0 N–H and O–H groups in total. The average Bonchev–Trinajstić information content (AvgIpc) is 2.40. The highest BCUT2D eigenvalue weighted by atomic mass is 35.7. The molecule has 2 rings (SSSR count). The molecular weight excluding hydrogens is 260 g/mol. The minimum absolute atomic E-state index is 0.293. The molecule has 18 heavy (non-hydrogen) atoms. The number of hydrogen-bond acceptors (Lipinski definition) is 1. The van der Waals surface area contributed by atoms with E-state index in [9.17, 15) is 0 Å². The van der Waals surface area contributed by atoms with Crippen LogP contribution in [0.3, 0.4) is 0 Å². The van der Waals surface area contributed by atoms with Crippen molar-refractivity contribution in [3.63, 3.8) is 0 Å². The van der Waals surface area contributed by atoms with E-state index in [-0.39, 0.29) is 0 Å². The van der Waals surface area contributed by atoms with Gasteiger partial charge in [-0.15, -0.1) is 0 Å². The zero-order valence-corrected chi connectivity index (χ0v) is 12.6. The van der Waals surface area contributed by atoms with E-state index >= 15 is 0 Å². The molecule has 0 radical (unpaired) electrons. The predicted molar refractivity (Wildman–Crippen MR) is 83.3 cm³/mol. The molecule has 0 aliphatic carbocycles. The second-order valence-electron chi connectivity index (χ2n) is 5.01. The largest absolute Gasteiger partial charge is 0.0622 e. The number of rotatable bonds is 1. The van der Waals surface area contributed by atoms with Crippen LogP contribution in [0.1, 0.15) is 26.3 Å². The molecule has 0 aliphatic rings.